The van der Waals surface area contributed by atoms with Crippen molar-refractivity contribution < 1.29 is 13.2 Å². The second-order valence-corrected chi connectivity index (χ2v) is 8.19. The lowest BCUT2D eigenvalue weighted by atomic mass is 10.3. The van der Waals surface area contributed by atoms with E-state index in [9.17, 15) is 13.2 Å². The molecule has 2 aromatic carbocycles. The van der Waals surface area contributed by atoms with Gasteiger partial charge in [-0.3, -0.25) is 9.10 Å². The third kappa shape index (κ3) is 3.96. The molecule has 0 aromatic heterocycles. The first-order valence-electron chi connectivity index (χ1n) is 8.09. The molecule has 1 heterocycles. The Balaban J connectivity index is 1.98. The molecule has 0 spiro atoms. The van der Waals surface area contributed by atoms with Crippen molar-refractivity contribution in [3.05, 3.63) is 59.6 Å². The molecule has 5 nitrogen and oxygen atoms in total. The van der Waals surface area contributed by atoms with Crippen LogP contribution in [-0.2, 0) is 14.8 Å². The molecule has 0 aliphatic carbocycles. The average molecular weight is 379 g/mol. The van der Waals surface area contributed by atoms with Crippen LogP contribution in [0.1, 0.15) is 12.8 Å². The highest BCUT2D eigenvalue weighted by Crippen LogP contribution is 2.26. The highest BCUT2D eigenvalue weighted by atomic mass is 35.5. The van der Waals surface area contributed by atoms with Gasteiger partial charge in [-0.25, -0.2) is 8.42 Å². The molecule has 0 N–H and O–H groups in total. The van der Waals surface area contributed by atoms with Crippen molar-refractivity contribution in [1.82, 2.24) is 4.90 Å². The Morgan fingerprint density at radius 1 is 1.04 bits per heavy atom. The lowest BCUT2D eigenvalue weighted by molar-refractivity contribution is -0.128. The zero-order chi connectivity index (χ0) is 17.9. The average Bonchev–Trinajstić information content (AvgIpc) is 3.15. The van der Waals surface area contributed by atoms with E-state index in [4.69, 9.17) is 11.6 Å². The number of benzene rings is 2. The van der Waals surface area contributed by atoms with Crippen molar-refractivity contribution >= 4 is 33.2 Å². The summed E-state index contributed by atoms with van der Waals surface area (Å²) in [6.07, 6.45) is 1.91. The van der Waals surface area contributed by atoms with E-state index >= 15 is 0 Å². The first kappa shape index (κ1) is 17.8. The Bertz CT molecular complexity index is 850. The molecule has 3 rings (SSSR count). The van der Waals surface area contributed by atoms with E-state index in [0.29, 0.717) is 23.8 Å². The van der Waals surface area contributed by atoms with Crippen molar-refractivity contribution in [2.24, 2.45) is 0 Å². The Morgan fingerprint density at radius 3 is 2.36 bits per heavy atom. The molecule has 0 atom stereocenters. The van der Waals surface area contributed by atoms with E-state index in [0.717, 1.165) is 17.1 Å². The zero-order valence-electron chi connectivity index (χ0n) is 13.6. The van der Waals surface area contributed by atoms with E-state index in [1.165, 1.54) is 12.1 Å². The molecule has 0 bridgehead atoms. The number of halogens is 1. The molecular formula is C18H19ClN2O3S. The molecule has 1 amide bonds. The molecular weight excluding hydrogens is 360 g/mol. The third-order valence-electron chi connectivity index (χ3n) is 4.17. The summed E-state index contributed by atoms with van der Waals surface area (Å²) < 4.78 is 27.3. The van der Waals surface area contributed by atoms with Crippen molar-refractivity contribution in [2.45, 2.75) is 17.7 Å². The molecule has 1 aliphatic heterocycles. The van der Waals surface area contributed by atoms with Crippen LogP contribution in [0, 0.1) is 0 Å². The largest absolute Gasteiger partial charge is 0.341 e. The summed E-state index contributed by atoms with van der Waals surface area (Å²) in [5.41, 5.74) is 0.379. The number of nitrogens with zero attached hydrogens (tertiary/aromatic N) is 2. The molecule has 1 fully saturated rings. The van der Waals surface area contributed by atoms with Gasteiger partial charge in [0, 0.05) is 18.1 Å². The topological polar surface area (TPSA) is 57.7 Å². The van der Waals surface area contributed by atoms with E-state index in [1.54, 1.807) is 47.4 Å². The molecule has 1 aliphatic rings. The highest BCUT2D eigenvalue weighted by Gasteiger charge is 2.29. The van der Waals surface area contributed by atoms with Gasteiger partial charge in [0.25, 0.3) is 10.0 Å². The molecule has 25 heavy (non-hydrogen) atoms. The molecule has 1 saturated heterocycles. The summed E-state index contributed by atoms with van der Waals surface area (Å²) in [6.45, 7) is 1.11. The van der Waals surface area contributed by atoms with Gasteiger partial charge in [-0.05, 0) is 43.2 Å². The minimum atomic E-state index is -3.87. The summed E-state index contributed by atoms with van der Waals surface area (Å²) in [7, 11) is -3.87. The standard InChI is InChI=1S/C18H19ClN2O3S/c19-15-7-6-8-16(13-15)21(14-18(22)20-11-4-5-12-20)25(23,24)17-9-2-1-3-10-17/h1-3,6-10,13H,4-5,11-12,14H2. The van der Waals surface area contributed by atoms with Gasteiger partial charge in [0.05, 0.1) is 10.6 Å². The fourth-order valence-corrected chi connectivity index (χ4v) is 4.47. The van der Waals surface area contributed by atoms with Gasteiger partial charge >= 0.3 is 0 Å². The van der Waals surface area contributed by atoms with Crippen molar-refractivity contribution in [3.8, 4) is 0 Å². The number of rotatable bonds is 5. The number of carbonyl (C=O) groups is 1. The van der Waals surface area contributed by atoms with Gasteiger partial charge < -0.3 is 4.90 Å². The van der Waals surface area contributed by atoms with Crippen molar-refractivity contribution in [1.29, 1.82) is 0 Å². The maximum atomic E-state index is 13.1. The van der Waals surface area contributed by atoms with Crippen LogP contribution in [0.25, 0.3) is 0 Å². The fraction of sp³-hybridized carbons (Fsp3) is 0.278. The quantitative estimate of drug-likeness (QED) is 0.803. The van der Waals surface area contributed by atoms with Crippen LogP contribution < -0.4 is 4.31 Å². The van der Waals surface area contributed by atoms with Crippen LogP contribution in [0.5, 0.6) is 0 Å². The maximum Gasteiger partial charge on any atom is 0.264 e. The van der Waals surface area contributed by atoms with Crippen molar-refractivity contribution in [2.75, 3.05) is 23.9 Å². The molecule has 0 unspecified atom stereocenters. The van der Waals surface area contributed by atoms with E-state index in [-0.39, 0.29) is 17.3 Å². The normalized spacial score (nSPS) is 14.5. The van der Waals surface area contributed by atoms with Crippen LogP contribution in [-0.4, -0.2) is 38.9 Å². The zero-order valence-corrected chi connectivity index (χ0v) is 15.2. The number of hydrogen-bond acceptors (Lipinski definition) is 3. The molecule has 0 radical (unpaired) electrons. The van der Waals surface area contributed by atoms with E-state index in [2.05, 4.69) is 0 Å². The Labute approximate surface area is 152 Å². The van der Waals surface area contributed by atoms with Crippen molar-refractivity contribution in [3.63, 3.8) is 0 Å². The number of carbonyl (C=O) groups excluding carboxylic acids is 1. The second kappa shape index (κ2) is 7.45. The molecule has 2 aromatic rings. The summed E-state index contributed by atoms with van der Waals surface area (Å²) >= 11 is 6.03. The molecule has 132 valence electrons. The monoisotopic (exact) mass is 378 g/mol. The van der Waals surface area contributed by atoms with Gasteiger partial charge in [0.1, 0.15) is 6.54 Å². The van der Waals surface area contributed by atoms with Crippen LogP contribution >= 0.6 is 11.6 Å². The van der Waals surface area contributed by atoms with Crippen LogP contribution in [0.2, 0.25) is 5.02 Å². The van der Waals surface area contributed by atoms with E-state index < -0.39 is 10.0 Å². The summed E-state index contributed by atoms with van der Waals surface area (Å²) in [5.74, 6) is -0.197. The van der Waals surface area contributed by atoms with E-state index in [1.807, 2.05) is 0 Å². The number of sulfonamides is 1. The van der Waals surface area contributed by atoms with Crippen LogP contribution in [0.15, 0.2) is 59.5 Å². The minimum Gasteiger partial charge on any atom is -0.341 e. The Hall–Kier alpha value is -2.05. The summed E-state index contributed by atoms with van der Waals surface area (Å²) in [6, 6.07) is 14.6. The first-order chi connectivity index (χ1) is 12.0. The van der Waals surface area contributed by atoms with Gasteiger partial charge in [-0.2, -0.15) is 0 Å². The molecule has 0 saturated carbocycles. The van der Waals surface area contributed by atoms with Crippen LogP contribution in [0.4, 0.5) is 5.69 Å². The fourth-order valence-electron chi connectivity index (χ4n) is 2.86. The Morgan fingerprint density at radius 2 is 1.72 bits per heavy atom. The Kier molecular flexibility index (Phi) is 5.30. The van der Waals surface area contributed by atoms with Gasteiger partial charge in [0.15, 0.2) is 0 Å². The number of likely N-dealkylation sites (tertiary alicyclic amines) is 1. The smallest absolute Gasteiger partial charge is 0.264 e. The summed E-state index contributed by atoms with van der Waals surface area (Å²) in [4.78, 5) is 14.4. The third-order valence-corrected chi connectivity index (χ3v) is 6.19. The second-order valence-electron chi connectivity index (χ2n) is 5.89. The molecule has 7 heteroatoms. The van der Waals surface area contributed by atoms with Crippen LogP contribution in [0.3, 0.4) is 0 Å². The number of amides is 1. The van der Waals surface area contributed by atoms with Gasteiger partial charge in [-0.1, -0.05) is 35.9 Å². The lowest BCUT2D eigenvalue weighted by Crippen LogP contribution is -2.42. The highest BCUT2D eigenvalue weighted by molar-refractivity contribution is 7.92. The lowest BCUT2D eigenvalue weighted by Gasteiger charge is -2.26. The predicted octanol–water partition coefficient (Wildman–Crippen LogP) is 3.16. The maximum absolute atomic E-state index is 13.1. The first-order valence-corrected chi connectivity index (χ1v) is 9.91. The van der Waals surface area contributed by atoms with Gasteiger partial charge in [-0.15, -0.1) is 0 Å². The summed E-state index contributed by atoms with van der Waals surface area (Å²) in [5, 5.41) is 0.416. The number of anilines is 1. The SMILES string of the molecule is O=C(CN(c1cccc(Cl)c1)S(=O)(=O)c1ccccc1)N1CCCC1. The van der Waals surface area contributed by atoms with Gasteiger partial charge in [0.2, 0.25) is 5.91 Å². The predicted molar refractivity (Wildman–Crippen MR) is 98.2 cm³/mol. The number of hydrogen-bond donors (Lipinski definition) is 0. The minimum absolute atomic E-state index is 0.143.